The molecule has 1 aliphatic heterocycles. The second kappa shape index (κ2) is 5.47. The molecular weight excluding hydrogens is 290 g/mol. The van der Waals surface area contributed by atoms with Gasteiger partial charge in [0.2, 0.25) is 6.79 Å². The summed E-state index contributed by atoms with van der Waals surface area (Å²) in [5, 5.41) is 9.74. The lowest BCUT2D eigenvalue weighted by Crippen LogP contribution is -2.11. The number of carbonyl (C=O) groups is 1. The zero-order chi connectivity index (χ0) is 14.8. The number of carbonyl (C=O) groups excluding carboxylic acids is 1. The van der Waals surface area contributed by atoms with E-state index in [2.05, 4.69) is 0 Å². The van der Waals surface area contributed by atoms with Crippen molar-refractivity contribution in [3.8, 4) is 17.6 Å². The van der Waals surface area contributed by atoms with Crippen molar-refractivity contribution in [2.45, 2.75) is 5.92 Å². The molecule has 2 aromatic carbocycles. The van der Waals surface area contributed by atoms with Crippen LogP contribution >= 0.6 is 11.6 Å². The Bertz CT molecular complexity index is 751. The van der Waals surface area contributed by atoms with Gasteiger partial charge in [0.25, 0.3) is 0 Å². The molecule has 1 heterocycles. The zero-order valence-electron chi connectivity index (χ0n) is 10.9. The third-order valence-electron chi connectivity index (χ3n) is 3.26. The van der Waals surface area contributed by atoms with Crippen LogP contribution in [0.4, 0.5) is 0 Å². The highest BCUT2D eigenvalue weighted by atomic mass is 35.5. The molecule has 4 nitrogen and oxygen atoms in total. The number of benzene rings is 2. The highest BCUT2D eigenvalue weighted by molar-refractivity contribution is 6.31. The summed E-state index contributed by atoms with van der Waals surface area (Å²) in [4.78, 5) is 12.6. The van der Waals surface area contributed by atoms with Crippen LogP contribution in [-0.2, 0) is 0 Å². The van der Waals surface area contributed by atoms with Crippen LogP contribution in [0.15, 0.2) is 42.5 Å². The van der Waals surface area contributed by atoms with E-state index in [1.165, 1.54) is 0 Å². The second-order valence-corrected chi connectivity index (χ2v) is 4.92. The summed E-state index contributed by atoms with van der Waals surface area (Å²) < 4.78 is 10.5. The van der Waals surface area contributed by atoms with Gasteiger partial charge < -0.3 is 9.47 Å². The van der Waals surface area contributed by atoms with Crippen LogP contribution in [0.2, 0.25) is 5.02 Å². The van der Waals surface area contributed by atoms with E-state index in [4.69, 9.17) is 21.1 Å². The summed E-state index contributed by atoms with van der Waals surface area (Å²) in [6, 6.07) is 13.7. The van der Waals surface area contributed by atoms with Gasteiger partial charge in [-0.2, -0.15) is 5.26 Å². The van der Waals surface area contributed by atoms with Gasteiger partial charge in [-0.05, 0) is 29.8 Å². The first-order chi connectivity index (χ1) is 10.2. The molecule has 1 aliphatic rings. The second-order valence-electron chi connectivity index (χ2n) is 4.52. The lowest BCUT2D eigenvalue weighted by atomic mass is 9.91. The molecule has 0 saturated heterocycles. The average molecular weight is 300 g/mol. The molecule has 0 amide bonds. The fourth-order valence-corrected chi connectivity index (χ4v) is 2.44. The Morgan fingerprint density at radius 3 is 2.71 bits per heavy atom. The molecule has 0 saturated carbocycles. The number of ketones is 1. The van der Waals surface area contributed by atoms with E-state index < -0.39 is 5.92 Å². The number of Topliss-reactive ketones (excluding diaryl/α,β-unsaturated/α-hetero) is 1. The molecule has 104 valence electrons. The average Bonchev–Trinajstić information content (AvgIpc) is 2.97. The zero-order valence-corrected chi connectivity index (χ0v) is 11.6. The van der Waals surface area contributed by atoms with E-state index in [9.17, 15) is 10.1 Å². The normalized spacial score (nSPS) is 13.5. The third kappa shape index (κ3) is 2.44. The van der Waals surface area contributed by atoms with E-state index in [1.807, 2.05) is 6.07 Å². The number of fused-ring (bicyclic) bond motifs is 1. The maximum Gasteiger partial charge on any atom is 0.231 e. The Labute approximate surface area is 126 Å². The van der Waals surface area contributed by atoms with Crippen molar-refractivity contribution in [1.29, 1.82) is 5.26 Å². The quantitative estimate of drug-likeness (QED) is 0.813. The number of nitrogens with zero attached hydrogens (tertiary/aromatic N) is 1. The summed E-state index contributed by atoms with van der Waals surface area (Å²) in [7, 11) is 0. The highest BCUT2D eigenvalue weighted by Gasteiger charge is 2.25. The van der Waals surface area contributed by atoms with Gasteiger partial charge in [0.1, 0.15) is 5.92 Å². The number of hydrogen-bond donors (Lipinski definition) is 0. The fourth-order valence-electron chi connectivity index (χ4n) is 2.20. The molecule has 21 heavy (non-hydrogen) atoms. The number of ether oxygens (including phenoxy) is 2. The maximum atomic E-state index is 12.6. The summed E-state index contributed by atoms with van der Waals surface area (Å²) in [6.45, 7) is 0.138. The number of nitriles is 1. The molecule has 0 aromatic heterocycles. The van der Waals surface area contributed by atoms with Crippen molar-refractivity contribution in [3.63, 3.8) is 0 Å². The van der Waals surface area contributed by atoms with Gasteiger partial charge in [-0.25, -0.2) is 0 Å². The number of rotatable bonds is 3. The van der Waals surface area contributed by atoms with Crippen LogP contribution in [0.5, 0.6) is 11.5 Å². The van der Waals surface area contributed by atoms with Gasteiger partial charge >= 0.3 is 0 Å². The van der Waals surface area contributed by atoms with Gasteiger partial charge in [-0.3, -0.25) is 4.79 Å². The minimum absolute atomic E-state index is 0.138. The topological polar surface area (TPSA) is 59.3 Å². The first-order valence-corrected chi connectivity index (χ1v) is 6.66. The minimum atomic E-state index is -0.945. The summed E-state index contributed by atoms with van der Waals surface area (Å²) in [5.74, 6) is -0.155. The smallest absolute Gasteiger partial charge is 0.231 e. The standard InChI is InChI=1S/C16H10ClNO3/c17-13-4-2-1-3-11(13)12(8-18)16(19)10-5-6-14-15(7-10)21-9-20-14/h1-7,12H,9H2. The summed E-state index contributed by atoms with van der Waals surface area (Å²) in [6.07, 6.45) is 0. The number of halogens is 1. The Morgan fingerprint density at radius 2 is 1.95 bits per heavy atom. The van der Waals surface area contributed by atoms with Gasteiger partial charge in [0, 0.05) is 10.6 Å². The molecule has 1 atom stereocenters. The molecule has 3 rings (SSSR count). The molecule has 5 heteroatoms. The maximum absolute atomic E-state index is 12.6. The molecule has 0 bridgehead atoms. The summed E-state index contributed by atoms with van der Waals surface area (Å²) >= 11 is 6.08. The van der Waals surface area contributed by atoms with Crippen LogP contribution in [0.25, 0.3) is 0 Å². The van der Waals surface area contributed by atoms with Gasteiger partial charge in [0.15, 0.2) is 17.3 Å². The Hall–Kier alpha value is -2.51. The van der Waals surface area contributed by atoms with Crippen LogP contribution in [0.3, 0.4) is 0 Å². The van der Waals surface area contributed by atoms with Crippen molar-refractivity contribution in [2.75, 3.05) is 6.79 Å². The van der Waals surface area contributed by atoms with Crippen molar-refractivity contribution in [2.24, 2.45) is 0 Å². The van der Waals surface area contributed by atoms with Gasteiger partial charge in [-0.15, -0.1) is 0 Å². The summed E-state index contributed by atoms with van der Waals surface area (Å²) in [5.41, 5.74) is 0.898. The van der Waals surface area contributed by atoms with E-state index in [-0.39, 0.29) is 12.6 Å². The first kappa shape index (κ1) is 13.5. The van der Waals surface area contributed by atoms with Crippen molar-refractivity contribution in [1.82, 2.24) is 0 Å². The van der Waals surface area contributed by atoms with Gasteiger partial charge in [0.05, 0.1) is 6.07 Å². The molecule has 0 spiro atoms. The molecular formula is C16H10ClNO3. The lowest BCUT2D eigenvalue weighted by Gasteiger charge is -2.10. The first-order valence-electron chi connectivity index (χ1n) is 6.28. The Balaban J connectivity index is 1.97. The molecule has 2 aromatic rings. The third-order valence-corrected chi connectivity index (χ3v) is 3.61. The van der Waals surface area contributed by atoms with E-state index >= 15 is 0 Å². The molecule has 0 fully saturated rings. The molecule has 0 N–H and O–H groups in total. The van der Waals surface area contributed by atoms with Crippen LogP contribution in [0, 0.1) is 11.3 Å². The molecule has 1 unspecified atom stereocenters. The van der Waals surface area contributed by atoms with Crippen molar-refractivity contribution < 1.29 is 14.3 Å². The van der Waals surface area contributed by atoms with Crippen molar-refractivity contribution in [3.05, 3.63) is 58.6 Å². The highest BCUT2D eigenvalue weighted by Crippen LogP contribution is 2.34. The van der Waals surface area contributed by atoms with E-state index in [0.717, 1.165) is 0 Å². The van der Waals surface area contributed by atoms with Crippen LogP contribution in [-0.4, -0.2) is 12.6 Å². The monoisotopic (exact) mass is 299 g/mol. The minimum Gasteiger partial charge on any atom is -0.454 e. The largest absolute Gasteiger partial charge is 0.454 e. The fraction of sp³-hybridized carbons (Fsp3) is 0.125. The van der Waals surface area contributed by atoms with Crippen LogP contribution < -0.4 is 9.47 Å². The van der Waals surface area contributed by atoms with Gasteiger partial charge in [-0.1, -0.05) is 29.8 Å². The van der Waals surface area contributed by atoms with E-state index in [1.54, 1.807) is 42.5 Å². The Kier molecular flexibility index (Phi) is 3.51. The van der Waals surface area contributed by atoms with Crippen molar-refractivity contribution >= 4 is 17.4 Å². The van der Waals surface area contributed by atoms with E-state index in [0.29, 0.717) is 27.6 Å². The molecule has 0 aliphatic carbocycles. The lowest BCUT2D eigenvalue weighted by molar-refractivity contribution is 0.0978. The number of hydrogen-bond acceptors (Lipinski definition) is 4. The predicted molar refractivity (Wildman–Crippen MR) is 76.7 cm³/mol. The predicted octanol–water partition coefficient (Wildman–Crippen LogP) is 3.56. The SMILES string of the molecule is N#CC(C(=O)c1ccc2c(c1)OCO2)c1ccccc1Cl. The molecule has 0 radical (unpaired) electrons. The van der Waals surface area contributed by atoms with Crippen LogP contribution in [0.1, 0.15) is 21.8 Å². The Morgan fingerprint density at radius 1 is 1.19 bits per heavy atom.